The molecule has 1 rings (SSSR count). The van der Waals surface area contributed by atoms with E-state index in [0.29, 0.717) is 39.4 Å². The summed E-state index contributed by atoms with van der Waals surface area (Å²) < 4.78 is 19.9. The maximum absolute atomic E-state index is 12.8. The van der Waals surface area contributed by atoms with Crippen LogP contribution in [0.4, 0.5) is 0 Å². The van der Waals surface area contributed by atoms with Gasteiger partial charge in [-0.05, 0) is 19.3 Å². The molecule has 1 heterocycles. The first-order chi connectivity index (χ1) is 17.9. The zero-order chi connectivity index (χ0) is 27.3. The van der Waals surface area contributed by atoms with Gasteiger partial charge in [0.05, 0.1) is 45.6 Å². The number of carbonyl (C=O) groups is 5. The number of hydrazine groups is 1. The van der Waals surface area contributed by atoms with E-state index in [2.05, 4.69) is 26.7 Å². The second-order valence-corrected chi connectivity index (χ2v) is 8.04. The number of nitrogens with zero attached hydrogens (tertiary/aromatic N) is 1. The molecule has 1 aliphatic heterocycles. The van der Waals surface area contributed by atoms with Crippen molar-refractivity contribution in [3.8, 4) is 0 Å². The summed E-state index contributed by atoms with van der Waals surface area (Å²) in [5.41, 5.74) is 3.01. The average Bonchev–Trinajstić information content (AvgIpc) is 3.35. The van der Waals surface area contributed by atoms with Crippen LogP contribution in [0, 0.1) is 0 Å². The fourth-order valence-electron chi connectivity index (χ4n) is 3.20. The Morgan fingerprint density at radius 3 is 2.03 bits per heavy atom. The average molecular weight is 533 g/mol. The minimum absolute atomic E-state index is 0.00911. The van der Waals surface area contributed by atoms with Crippen LogP contribution in [-0.2, 0) is 42.9 Å². The predicted octanol–water partition coefficient (Wildman–Crippen LogP) is -2.99. The summed E-state index contributed by atoms with van der Waals surface area (Å²) in [6.45, 7) is 1.41. The Morgan fingerprint density at radius 2 is 1.46 bits per heavy atom. The van der Waals surface area contributed by atoms with E-state index in [0.717, 1.165) is 12.7 Å². The number of hydrogen-bond donors (Lipinski definition) is 5. The molecule has 0 bridgehead atoms. The molecular formula is C22H40N6O9. The van der Waals surface area contributed by atoms with E-state index in [1.165, 1.54) is 14.2 Å². The Labute approximate surface area is 216 Å². The van der Waals surface area contributed by atoms with Gasteiger partial charge in [0.15, 0.2) is 0 Å². The normalized spacial score (nSPS) is 16.1. The smallest absolute Gasteiger partial charge is 0.241 e. The van der Waals surface area contributed by atoms with E-state index in [1.54, 1.807) is 5.01 Å². The molecule has 15 heteroatoms. The molecule has 0 aromatic heterocycles. The molecule has 4 amide bonds. The van der Waals surface area contributed by atoms with Crippen LogP contribution >= 0.6 is 0 Å². The van der Waals surface area contributed by atoms with E-state index >= 15 is 0 Å². The lowest BCUT2D eigenvalue weighted by atomic mass is 10.1. The van der Waals surface area contributed by atoms with Crippen LogP contribution < -0.4 is 26.7 Å². The molecule has 0 spiro atoms. The van der Waals surface area contributed by atoms with Crippen molar-refractivity contribution in [1.29, 1.82) is 0 Å². The van der Waals surface area contributed by atoms with Crippen molar-refractivity contribution < 1.29 is 42.9 Å². The third-order valence-corrected chi connectivity index (χ3v) is 5.23. The molecule has 0 aromatic carbocycles. The number of ether oxygens (including phenoxy) is 4. The summed E-state index contributed by atoms with van der Waals surface area (Å²) in [4.78, 5) is 60.1. The molecule has 1 aliphatic rings. The lowest BCUT2D eigenvalue weighted by Crippen LogP contribution is -2.55. The van der Waals surface area contributed by atoms with Gasteiger partial charge in [-0.25, -0.2) is 10.4 Å². The van der Waals surface area contributed by atoms with Gasteiger partial charge in [0.2, 0.25) is 23.6 Å². The van der Waals surface area contributed by atoms with Crippen LogP contribution in [0.3, 0.4) is 0 Å². The van der Waals surface area contributed by atoms with Gasteiger partial charge in [-0.15, -0.1) is 0 Å². The molecular weight excluding hydrogens is 492 g/mol. The summed E-state index contributed by atoms with van der Waals surface area (Å²) in [6, 6.07) is -1.26. The molecule has 15 nitrogen and oxygen atoms in total. The molecule has 5 N–H and O–H groups in total. The van der Waals surface area contributed by atoms with Crippen LogP contribution in [0.2, 0.25) is 0 Å². The number of carbonyl (C=O) groups excluding carboxylic acids is 5. The van der Waals surface area contributed by atoms with E-state index in [1.807, 2.05) is 0 Å². The van der Waals surface area contributed by atoms with Crippen LogP contribution in [-0.4, -0.2) is 121 Å². The van der Waals surface area contributed by atoms with Crippen molar-refractivity contribution in [1.82, 2.24) is 31.7 Å². The van der Waals surface area contributed by atoms with Gasteiger partial charge in [0.25, 0.3) is 0 Å². The minimum atomic E-state index is -0.875. The van der Waals surface area contributed by atoms with Gasteiger partial charge in [0.1, 0.15) is 25.8 Å². The number of nitrogens with one attached hydrogen (secondary N) is 5. The molecule has 0 aromatic rings. The van der Waals surface area contributed by atoms with Crippen molar-refractivity contribution in [2.75, 3.05) is 73.7 Å². The Bertz CT molecular complexity index is 712. The quantitative estimate of drug-likeness (QED) is 0.0577. The van der Waals surface area contributed by atoms with Crippen molar-refractivity contribution in [2.24, 2.45) is 0 Å². The summed E-state index contributed by atoms with van der Waals surface area (Å²) in [5.74, 6) is -1.83. The van der Waals surface area contributed by atoms with Gasteiger partial charge in [-0.3, -0.25) is 19.2 Å². The maximum atomic E-state index is 12.8. The van der Waals surface area contributed by atoms with Gasteiger partial charge >= 0.3 is 0 Å². The van der Waals surface area contributed by atoms with E-state index < -0.39 is 29.7 Å². The first-order valence-electron chi connectivity index (χ1n) is 12.1. The Hall–Kier alpha value is -2.69. The van der Waals surface area contributed by atoms with Gasteiger partial charge in [0, 0.05) is 27.2 Å². The highest BCUT2D eigenvalue weighted by Gasteiger charge is 2.29. The van der Waals surface area contributed by atoms with Gasteiger partial charge in [-0.1, -0.05) is 0 Å². The highest BCUT2D eigenvalue weighted by molar-refractivity contribution is 5.88. The highest BCUT2D eigenvalue weighted by atomic mass is 16.5. The SMILES string of the molecule is COCCOCNC(=O)CNC(=O)CCC(NN1CCC[C@H]1C=O)C(=O)NCC(=O)NCOCCOC. The topological polar surface area (TPSA) is 186 Å². The zero-order valence-corrected chi connectivity index (χ0v) is 21.5. The fraction of sp³-hybridized carbons (Fsp3) is 0.773. The Balaban J connectivity index is 2.48. The number of hydrogen-bond acceptors (Lipinski definition) is 11. The summed E-state index contributed by atoms with van der Waals surface area (Å²) in [7, 11) is 3.07. The maximum Gasteiger partial charge on any atom is 0.241 e. The van der Waals surface area contributed by atoms with Crippen molar-refractivity contribution >= 4 is 29.9 Å². The molecule has 1 fully saturated rings. The number of aldehydes is 1. The van der Waals surface area contributed by atoms with Crippen LogP contribution in [0.5, 0.6) is 0 Å². The first kappa shape index (κ1) is 32.3. The molecule has 37 heavy (non-hydrogen) atoms. The van der Waals surface area contributed by atoms with Gasteiger partial charge in [-0.2, -0.15) is 0 Å². The molecule has 0 radical (unpaired) electrons. The van der Waals surface area contributed by atoms with Crippen LogP contribution in [0.15, 0.2) is 0 Å². The van der Waals surface area contributed by atoms with Crippen LogP contribution in [0.1, 0.15) is 25.7 Å². The second-order valence-electron chi connectivity index (χ2n) is 8.04. The van der Waals surface area contributed by atoms with Gasteiger partial charge < -0.3 is 45.0 Å². The molecule has 0 saturated carbocycles. The van der Waals surface area contributed by atoms with E-state index in [4.69, 9.17) is 18.9 Å². The molecule has 1 unspecified atom stereocenters. The minimum Gasteiger partial charge on any atom is -0.382 e. The lowest BCUT2D eigenvalue weighted by Gasteiger charge is -2.27. The first-order valence-corrected chi connectivity index (χ1v) is 12.1. The van der Waals surface area contributed by atoms with Crippen molar-refractivity contribution in [2.45, 2.75) is 37.8 Å². The lowest BCUT2D eigenvalue weighted by molar-refractivity contribution is -0.130. The molecule has 212 valence electrons. The molecule has 2 atom stereocenters. The summed E-state index contributed by atoms with van der Waals surface area (Å²) in [5, 5.41) is 11.7. The zero-order valence-electron chi connectivity index (χ0n) is 21.5. The predicted molar refractivity (Wildman–Crippen MR) is 130 cm³/mol. The Morgan fingerprint density at radius 1 is 0.865 bits per heavy atom. The largest absolute Gasteiger partial charge is 0.382 e. The van der Waals surface area contributed by atoms with E-state index in [9.17, 15) is 24.0 Å². The summed E-state index contributed by atoms with van der Waals surface area (Å²) >= 11 is 0. The second kappa shape index (κ2) is 20.4. The third-order valence-electron chi connectivity index (χ3n) is 5.23. The van der Waals surface area contributed by atoms with Crippen molar-refractivity contribution in [3.63, 3.8) is 0 Å². The Kier molecular flexibility index (Phi) is 17.8. The number of methoxy groups -OCH3 is 2. The van der Waals surface area contributed by atoms with Crippen molar-refractivity contribution in [3.05, 3.63) is 0 Å². The molecule has 1 saturated heterocycles. The van der Waals surface area contributed by atoms with Crippen LogP contribution in [0.25, 0.3) is 0 Å². The number of amides is 4. The third kappa shape index (κ3) is 15.2. The monoisotopic (exact) mass is 532 g/mol. The van der Waals surface area contributed by atoms with E-state index in [-0.39, 0.29) is 45.4 Å². The number of rotatable bonds is 21. The fourth-order valence-corrected chi connectivity index (χ4v) is 3.20. The standard InChI is InChI=1S/C22H40N6O9/c1-34-8-10-36-15-25-20(31)12-23-19(30)6-5-18(27-28-7-3-4-17(28)14-29)22(33)24-13-21(32)26-16-37-11-9-35-2/h14,17-18,27H,3-13,15-16H2,1-2H3,(H,23,30)(H,24,33)(H,25,31)(H,26,32)/t17-,18?/m0/s1. The highest BCUT2D eigenvalue weighted by Crippen LogP contribution is 2.14. The summed E-state index contributed by atoms with van der Waals surface area (Å²) in [6.07, 6.45) is 2.24. The molecule has 0 aliphatic carbocycles.